The first-order chi connectivity index (χ1) is 7.99. The van der Waals surface area contributed by atoms with Crippen LogP contribution in [0.25, 0.3) is 11.4 Å². The third-order valence-corrected chi connectivity index (χ3v) is 2.61. The zero-order valence-corrected chi connectivity index (χ0v) is 10.3. The summed E-state index contributed by atoms with van der Waals surface area (Å²) in [6, 6.07) is 1.91. The van der Waals surface area contributed by atoms with Crippen molar-refractivity contribution in [2.24, 2.45) is 5.92 Å². The summed E-state index contributed by atoms with van der Waals surface area (Å²) in [6.07, 6.45) is 1.93. The van der Waals surface area contributed by atoms with Gasteiger partial charge in [0.25, 0.3) is 5.56 Å². The molecule has 2 heterocycles. The number of aryl methyl sites for hydroxylation is 1. The van der Waals surface area contributed by atoms with Crippen LogP contribution in [-0.2, 0) is 6.54 Å². The fourth-order valence-electron chi connectivity index (χ4n) is 1.89. The first-order valence-corrected chi connectivity index (χ1v) is 5.62. The van der Waals surface area contributed by atoms with Crippen molar-refractivity contribution in [3.05, 3.63) is 28.2 Å². The third kappa shape index (κ3) is 2.13. The smallest absolute Gasteiger partial charge is 0.284 e. The molecule has 0 unspecified atom stereocenters. The molecular formula is C12H16N4O. The van der Waals surface area contributed by atoms with Crippen LogP contribution < -0.4 is 11.3 Å². The van der Waals surface area contributed by atoms with E-state index in [9.17, 15) is 4.79 Å². The van der Waals surface area contributed by atoms with Crippen LogP contribution in [0, 0.1) is 12.8 Å². The summed E-state index contributed by atoms with van der Waals surface area (Å²) in [4.78, 5) is 19.7. The van der Waals surface area contributed by atoms with Gasteiger partial charge in [0.2, 0.25) is 5.95 Å². The Morgan fingerprint density at radius 1 is 1.41 bits per heavy atom. The highest BCUT2D eigenvalue weighted by Gasteiger charge is 2.16. The van der Waals surface area contributed by atoms with Crippen LogP contribution in [0.4, 0.5) is 5.95 Å². The molecule has 0 fully saturated rings. The lowest BCUT2D eigenvalue weighted by Crippen LogP contribution is -2.21. The standard InChI is InChI=1S/C12H16N4O/c1-7(2)6-16-5-4-8(3)9-10(16)14-12(13)15-11(9)17/h4-5,7H,6H2,1-3H3,(H2,13,15,17). The lowest BCUT2D eigenvalue weighted by Gasteiger charge is -2.17. The minimum absolute atomic E-state index is 0.0330. The predicted molar refractivity (Wildman–Crippen MR) is 66.9 cm³/mol. The van der Waals surface area contributed by atoms with Crippen molar-refractivity contribution in [2.45, 2.75) is 27.3 Å². The summed E-state index contributed by atoms with van der Waals surface area (Å²) >= 11 is 0. The maximum atomic E-state index is 11.8. The van der Waals surface area contributed by atoms with E-state index in [4.69, 9.17) is 5.73 Å². The van der Waals surface area contributed by atoms with E-state index in [1.807, 2.05) is 23.8 Å². The molecule has 2 aliphatic rings. The van der Waals surface area contributed by atoms with Crippen LogP contribution in [-0.4, -0.2) is 14.5 Å². The molecule has 0 atom stereocenters. The van der Waals surface area contributed by atoms with E-state index in [1.54, 1.807) is 0 Å². The molecule has 0 aromatic carbocycles. The number of anilines is 1. The van der Waals surface area contributed by atoms with Gasteiger partial charge in [-0.1, -0.05) is 13.8 Å². The molecule has 17 heavy (non-hydrogen) atoms. The molecule has 5 heteroatoms. The Morgan fingerprint density at radius 3 is 2.76 bits per heavy atom. The Hall–Kier alpha value is -1.91. The average Bonchev–Trinajstić information content (AvgIpc) is 2.20. The molecule has 2 N–H and O–H groups in total. The van der Waals surface area contributed by atoms with Gasteiger partial charge in [-0.3, -0.25) is 4.79 Å². The highest BCUT2D eigenvalue weighted by atomic mass is 16.1. The molecule has 0 bridgehead atoms. The van der Waals surface area contributed by atoms with Gasteiger partial charge in [0.05, 0.1) is 5.56 Å². The van der Waals surface area contributed by atoms with Crippen molar-refractivity contribution < 1.29 is 0 Å². The molecule has 5 nitrogen and oxygen atoms in total. The van der Waals surface area contributed by atoms with Gasteiger partial charge in [-0.05, 0) is 24.5 Å². The maximum Gasteiger partial charge on any atom is 0.284 e. The monoisotopic (exact) mass is 232 g/mol. The summed E-state index contributed by atoms with van der Waals surface area (Å²) in [5.74, 6) is 1.12. The van der Waals surface area contributed by atoms with Gasteiger partial charge in [0, 0.05) is 12.7 Å². The van der Waals surface area contributed by atoms with Gasteiger partial charge in [-0.15, -0.1) is 0 Å². The molecule has 2 rings (SSSR count). The quantitative estimate of drug-likeness (QED) is 0.846. The van der Waals surface area contributed by atoms with Crippen LogP contribution >= 0.6 is 0 Å². The minimum atomic E-state index is -0.303. The molecule has 0 saturated heterocycles. The first kappa shape index (κ1) is 11.6. The molecule has 0 aromatic heterocycles. The number of hydrogen-bond donors (Lipinski definition) is 1. The summed E-state index contributed by atoms with van der Waals surface area (Å²) in [6.45, 7) is 6.90. The molecule has 0 aromatic rings. The van der Waals surface area contributed by atoms with E-state index < -0.39 is 0 Å². The molecule has 0 radical (unpaired) electrons. The molecule has 0 saturated carbocycles. The van der Waals surface area contributed by atoms with Crippen molar-refractivity contribution in [1.82, 2.24) is 14.5 Å². The predicted octanol–water partition coefficient (Wildman–Crippen LogP) is 1.29. The summed E-state index contributed by atoms with van der Waals surface area (Å²) < 4.78 is 1.95. The summed E-state index contributed by atoms with van der Waals surface area (Å²) in [7, 11) is 0. The molecular weight excluding hydrogens is 216 g/mol. The zero-order valence-electron chi connectivity index (χ0n) is 10.3. The second-order valence-corrected chi connectivity index (χ2v) is 4.63. The van der Waals surface area contributed by atoms with Gasteiger partial charge in [0.1, 0.15) is 5.82 Å². The van der Waals surface area contributed by atoms with Crippen molar-refractivity contribution in [1.29, 1.82) is 0 Å². The Morgan fingerprint density at radius 2 is 2.12 bits per heavy atom. The molecule has 2 aliphatic heterocycles. The fraction of sp³-hybridized carbons (Fsp3) is 0.417. The number of nitrogens with two attached hydrogens (primary N) is 1. The van der Waals surface area contributed by atoms with Gasteiger partial charge >= 0.3 is 0 Å². The Labute approximate surface area is 99.7 Å². The van der Waals surface area contributed by atoms with E-state index in [1.165, 1.54) is 0 Å². The Balaban J connectivity index is 2.72. The van der Waals surface area contributed by atoms with E-state index in [2.05, 4.69) is 23.8 Å². The number of nitrogen functional groups attached to an aromatic ring is 1. The molecule has 90 valence electrons. The number of nitrogens with zero attached hydrogens (tertiary/aromatic N) is 3. The van der Waals surface area contributed by atoms with E-state index in [0.717, 1.165) is 12.1 Å². The lowest BCUT2D eigenvalue weighted by atomic mass is 10.1. The van der Waals surface area contributed by atoms with Gasteiger partial charge < -0.3 is 10.3 Å². The van der Waals surface area contributed by atoms with E-state index in [-0.39, 0.29) is 11.5 Å². The topological polar surface area (TPSA) is 73.8 Å². The fourth-order valence-corrected chi connectivity index (χ4v) is 1.89. The van der Waals surface area contributed by atoms with Gasteiger partial charge in [0.15, 0.2) is 0 Å². The first-order valence-electron chi connectivity index (χ1n) is 5.62. The van der Waals surface area contributed by atoms with Crippen molar-refractivity contribution in [2.75, 3.05) is 5.73 Å². The molecule has 0 aliphatic carbocycles. The van der Waals surface area contributed by atoms with Crippen molar-refractivity contribution in [3.8, 4) is 11.4 Å². The van der Waals surface area contributed by atoms with Gasteiger partial charge in [-0.2, -0.15) is 9.97 Å². The minimum Gasteiger partial charge on any atom is -0.368 e. The number of fused-ring (bicyclic) bond motifs is 1. The highest BCUT2D eigenvalue weighted by molar-refractivity contribution is 5.61. The number of aromatic nitrogens is 3. The van der Waals surface area contributed by atoms with Crippen molar-refractivity contribution >= 4 is 5.95 Å². The second-order valence-electron chi connectivity index (χ2n) is 4.63. The van der Waals surface area contributed by atoms with Crippen LogP contribution in [0.15, 0.2) is 17.1 Å². The lowest BCUT2D eigenvalue weighted by molar-refractivity contribution is 0.520. The maximum absolute atomic E-state index is 11.8. The zero-order chi connectivity index (χ0) is 12.6. The van der Waals surface area contributed by atoms with Crippen LogP contribution in [0.3, 0.4) is 0 Å². The van der Waals surface area contributed by atoms with Crippen LogP contribution in [0.5, 0.6) is 0 Å². The highest BCUT2D eigenvalue weighted by Crippen LogP contribution is 2.20. The van der Waals surface area contributed by atoms with Gasteiger partial charge in [-0.25, -0.2) is 0 Å². The van der Waals surface area contributed by atoms with Crippen LogP contribution in [0.2, 0.25) is 0 Å². The second kappa shape index (κ2) is 4.16. The number of hydrogen-bond acceptors (Lipinski definition) is 4. The average molecular weight is 232 g/mol. The Bertz CT molecular complexity index is 574. The Kier molecular flexibility index (Phi) is 2.83. The molecule has 0 amide bonds. The van der Waals surface area contributed by atoms with E-state index in [0.29, 0.717) is 17.3 Å². The van der Waals surface area contributed by atoms with Crippen LogP contribution in [0.1, 0.15) is 19.4 Å². The SMILES string of the molecule is Cc1ccn(CC(C)C)c2nc(N)nc(=O)c1-2. The number of rotatable bonds is 2. The van der Waals surface area contributed by atoms with Crippen molar-refractivity contribution in [3.63, 3.8) is 0 Å². The van der Waals surface area contributed by atoms with E-state index >= 15 is 0 Å². The normalized spacial score (nSPS) is 11.3. The largest absolute Gasteiger partial charge is 0.368 e. The number of pyridine rings is 1. The summed E-state index contributed by atoms with van der Waals surface area (Å²) in [5, 5.41) is 0. The summed E-state index contributed by atoms with van der Waals surface area (Å²) in [5.41, 5.74) is 6.67. The molecule has 0 spiro atoms. The third-order valence-electron chi connectivity index (χ3n) is 2.61.